The third kappa shape index (κ3) is 1.97. The highest BCUT2D eigenvalue weighted by Gasteiger charge is 2.42. The molecule has 0 fully saturated rings. The smallest absolute Gasteiger partial charge is 0.252 e. The van der Waals surface area contributed by atoms with Crippen molar-refractivity contribution in [1.29, 1.82) is 0 Å². The molecule has 2 aliphatic heterocycles. The van der Waals surface area contributed by atoms with Crippen LogP contribution < -0.4 is 5.32 Å². The molecule has 1 aromatic heterocycles. The molecule has 2 N–H and O–H groups in total. The third-order valence-electron chi connectivity index (χ3n) is 6.94. The number of benzene rings is 3. The molecular formula is C26H20N2O2. The number of fused-ring (bicyclic) bond motifs is 10. The van der Waals surface area contributed by atoms with E-state index in [-0.39, 0.29) is 17.9 Å². The number of rotatable bonds is 1. The molecule has 1 aliphatic carbocycles. The highest BCUT2D eigenvalue weighted by atomic mass is 16.5. The van der Waals surface area contributed by atoms with Crippen LogP contribution in [0.4, 0.5) is 0 Å². The van der Waals surface area contributed by atoms with E-state index < -0.39 is 0 Å². The predicted octanol–water partition coefficient (Wildman–Crippen LogP) is 5.02. The molecule has 1 amide bonds. The van der Waals surface area contributed by atoms with Gasteiger partial charge in [-0.15, -0.1) is 0 Å². The summed E-state index contributed by atoms with van der Waals surface area (Å²) in [5.74, 6) is 0.142. The van der Waals surface area contributed by atoms with Crippen LogP contribution in [-0.4, -0.2) is 23.6 Å². The number of carbonyl (C=O) groups is 1. The second-order valence-electron chi connectivity index (χ2n) is 8.39. The van der Waals surface area contributed by atoms with Crippen molar-refractivity contribution in [3.8, 4) is 11.1 Å². The topological polar surface area (TPSA) is 54.1 Å². The van der Waals surface area contributed by atoms with Crippen molar-refractivity contribution in [2.75, 3.05) is 6.61 Å². The number of ether oxygens (including phenoxy) is 1. The molecule has 0 bridgehead atoms. The van der Waals surface area contributed by atoms with E-state index >= 15 is 0 Å². The Labute approximate surface area is 173 Å². The summed E-state index contributed by atoms with van der Waals surface area (Å²) in [6.45, 7) is 1.22. The molecule has 146 valence electrons. The Bertz CT molecular complexity index is 1410. The standard InChI is InChI=1S/C26H20N2O2/c29-26-23-17(13-27-26)20-16-9-3-4-10-18(16)28-25(20)24-21(19-11-5-6-12-30-19)14-7-1-2-8-15(14)22(23)24/h1-10,19,21,28H,11-13H2,(H,27,29)/t19?,21-/m1/s1. The first-order chi connectivity index (χ1) is 14.8. The predicted molar refractivity (Wildman–Crippen MR) is 118 cm³/mol. The maximum Gasteiger partial charge on any atom is 0.252 e. The molecule has 30 heavy (non-hydrogen) atoms. The summed E-state index contributed by atoms with van der Waals surface area (Å²) >= 11 is 0. The number of para-hydroxylation sites is 1. The molecule has 2 atom stereocenters. The van der Waals surface area contributed by atoms with Crippen LogP contribution in [-0.2, 0) is 11.3 Å². The van der Waals surface area contributed by atoms with E-state index in [0.29, 0.717) is 13.2 Å². The minimum Gasteiger partial charge on any atom is -0.373 e. The Morgan fingerprint density at radius 3 is 2.73 bits per heavy atom. The van der Waals surface area contributed by atoms with E-state index in [2.05, 4.69) is 71.0 Å². The first kappa shape index (κ1) is 16.4. The first-order valence-corrected chi connectivity index (χ1v) is 10.6. The Hall–Kier alpha value is -3.37. The lowest BCUT2D eigenvalue weighted by molar-refractivity contribution is 0.0572. The summed E-state index contributed by atoms with van der Waals surface area (Å²) in [4.78, 5) is 16.8. The molecule has 0 spiro atoms. The van der Waals surface area contributed by atoms with Crippen molar-refractivity contribution in [2.24, 2.45) is 0 Å². The number of H-pyrrole nitrogens is 1. The second kappa shape index (κ2) is 5.83. The largest absolute Gasteiger partial charge is 0.373 e. The van der Waals surface area contributed by atoms with Gasteiger partial charge in [0, 0.05) is 34.3 Å². The van der Waals surface area contributed by atoms with Crippen molar-refractivity contribution in [3.05, 3.63) is 82.9 Å². The van der Waals surface area contributed by atoms with E-state index in [9.17, 15) is 4.79 Å². The number of hydrogen-bond acceptors (Lipinski definition) is 2. The Morgan fingerprint density at radius 1 is 0.967 bits per heavy atom. The minimum atomic E-state index is 0.0355. The molecule has 3 aromatic carbocycles. The maximum absolute atomic E-state index is 13.1. The van der Waals surface area contributed by atoms with E-state index in [0.717, 1.165) is 34.1 Å². The monoisotopic (exact) mass is 392 g/mol. The quantitative estimate of drug-likeness (QED) is 0.447. The highest BCUT2D eigenvalue weighted by Crippen LogP contribution is 2.54. The average Bonchev–Trinajstić information content (AvgIpc) is 3.45. The van der Waals surface area contributed by atoms with Gasteiger partial charge in [0.05, 0.1) is 23.8 Å². The fourth-order valence-corrected chi connectivity index (χ4v) is 5.78. The molecule has 4 aromatic rings. The zero-order valence-electron chi connectivity index (χ0n) is 16.4. The van der Waals surface area contributed by atoms with Crippen LogP contribution in [0.15, 0.2) is 60.7 Å². The minimum absolute atomic E-state index is 0.0355. The molecular weight excluding hydrogens is 372 g/mol. The normalized spacial score (nSPS) is 21.7. The Kier molecular flexibility index (Phi) is 3.19. The van der Waals surface area contributed by atoms with Gasteiger partial charge < -0.3 is 15.0 Å². The van der Waals surface area contributed by atoms with Crippen molar-refractivity contribution < 1.29 is 9.53 Å². The van der Waals surface area contributed by atoms with Gasteiger partial charge in [-0.1, -0.05) is 54.6 Å². The lowest BCUT2D eigenvalue weighted by Crippen LogP contribution is -2.24. The van der Waals surface area contributed by atoms with Gasteiger partial charge in [0.25, 0.3) is 5.91 Å². The molecule has 4 nitrogen and oxygen atoms in total. The zero-order valence-corrected chi connectivity index (χ0v) is 16.4. The molecule has 0 saturated carbocycles. The van der Waals surface area contributed by atoms with Crippen molar-refractivity contribution in [1.82, 2.24) is 10.3 Å². The van der Waals surface area contributed by atoms with Gasteiger partial charge in [0.2, 0.25) is 0 Å². The van der Waals surface area contributed by atoms with Crippen molar-refractivity contribution in [3.63, 3.8) is 0 Å². The van der Waals surface area contributed by atoms with Gasteiger partial charge in [-0.05, 0) is 34.7 Å². The summed E-state index contributed by atoms with van der Waals surface area (Å²) in [7, 11) is 0. The average molecular weight is 392 g/mol. The van der Waals surface area contributed by atoms with Crippen LogP contribution in [0.2, 0.25) is 0 Å². The van der Waals surface area contributed by atoms with Gasteiger partial charge in [-0.25, -0.2) is 0 Å². The van der Waals surface area contributed by atoms with Gasteiger partial charge in [0.1, 0.15) is 0 Å². The number of nitrogens with one attached hydrogen (secondary N) is 2. The van der Waals surface area contributed by atoms with Gasteiger partial charge in [0.15, 0.2) is 0 Å². The van der Waals surface area contributed by atoms with E-state index in [1.807, 2.05) is 0 Å². The fourth-order valence-electron chi connectivity index (χ4n) is 5.78. The number of carbonyl (C=O) groups excluding carboxylic acids is 1. The van der Waals surface area contributed by atoms with E-state index in [1.54, 1.807) is 0 Å². The van der Waals surface area contributed by atoms with E-state index in [4.69, 9.17) is 4.74 Å². The maximum atomic E-state index is 13.1. The lowest BCUT2D eigenvalue weighted by Gasteiger charge is -2.27. The Balaban J connectivity index is 1.67. The molecule has 3 heterocycles. The Morgan fingerprint density at radius 2 is 1.83 bits per heavy atom. The summed E-state index contributed by atoms with van der Waals surface area (Å²) in [6.07, 6.45) is 5.25. The van der Waals surface area contributed by atoms with Gasteiger partial charge in [-0.2, -0.15) is 0 Å². The van der Waals surface area contributed by atoms with Crippen molar-refractivity contribution in [2.45, 2.75) is 25.0 Å². The number of amides is 1. The third-order valence-corrected chi connectivity index (χ3v) is 6.94. The van der Waals surface area contributed by atoms with Crippen LogP contribution in [0.25, 0.3) is 32.9 Å². The van der Waals surface area contributed by atoms with Gasteiger partial charge >= 0.3 is 0 Å². The molecule has 4 heteroatoms. The number of aromatic nitrogens is 1. The fraction of sp³-hybridized carbons (Fsp3) is 0.192. The van der Waals surface area contributed by atoms with Crippen LogP contribution in [0, 0.1) is 0 Å². The second-order valence-corrected chi connectivity index (χ2v) is 8.39. The summed E-state index contributed by atoms with van der Waals surface area (Å²) in [5, 5.41) is 5.46. The first-order valence-electron chi connectivity index (χ1n) is 10.6. The summed E-state index contributed by atoms with van der Waals surface area (Å²) in [6, 6.07) is 16.9. The number of aromatic amines is 1. The lowest BCUT2D eigenvalue weighted by atomic mass is 9.85. The van der Waals surface area contributed by atoms with Crippen molar-refractivity contribution >= 4 is 27.7 Å². The molecule has 0 saturated heterocycles. The SMILES string of the molecule is O=C1NCc2c1c1c(c3[nH]c4ccccc4c23)[C@@H](C2CC=CCO2)c2ccccc2-1. The number of hydrogen-bond donors (Lipinski definition) is 2. The van der Waals surface area contributed by atoms with E-state index in [1.165, 1.54) is 27.5 Å². The molecule has 3 aliphatic rings. The van der Waals surface area contributed by atoms with Crippen LogP contribution in [0.1, 0.15) is 39.4 Å². The van der Waals surface area contributed by atoms with Crippen LogP contribution in [0.5, 0.6) is 0 Å². The molecule has 7 rings (SSSR count). The molecule has 0 radical (unpaired) electrons. The molecule has 1 unspecified atom stereocenters. The zero-order chi connectivity index (χ0) is 19.8. The van der Waals surface area contributed by atoms with Gasteiger partial charge in [-0.3, -0.25) is 4.79 Å². The highest BCUT2D eigenvalue weighted by molar-refractivity contribution is 6.19. The van der Waals surface area contributed by atoms with Crippen LogP contribution in [0.3, 0.4) is 0 Å². The summed E-state index contributed by atoms with van der Waals surface area (Å²) in [5.41, 5.74) is 8.98. The van der Waals surface area contributed by atoms with Crippen LogP contribution >= 0.6 is 0 Å². The summed E-state index contributed by atoms with van der Waals surface area (Å²) < 4.78 is 6.24.